The molecule has 2 amide bonds. The van der Waals surface area contributed by atoms with Gasteiger partial charge >= 0.3 is 6.03 Å². The molecule has 8 heavy (non-hydrogen) atoms. The smallest absolute Gasteiger partial charge is 0.336 e. The third-order valence-corrected chi connectivity index (χ3v) is 1.02. The van der Waals surface area contributed by atoms with E-state index in [1.165, 1.54) is 0 Å². The number of hydrogen-bond acceptors (Lipinski definition) is 1. The van der Waals surface area contributed by atoms with Gasteiger partial charge in [-0.1, -0.05) is 6.92 Å². The van der Waals surface area contributed by atoms with Crippen LogP contribution in [0.15, 0.2) is 4.99 Å². The second kappa shape index (κ2) is 1.94. The molecule has 1 atom stereocenters. The molecule has 1 heterocycles. The van der Waals surface area contributed by atoms with Crippen molar-refractivity contribution in [1.82, 2.24) is 5.32 Å². The van der Waals surface area contributed by atoms with Crippen molar-refractivity contribution in [2.75, 3.05) is 6.54 Å². The number of nitrogens with zero attached hydrogens (tertiary/aromatic N) is 1. The summed E-state index contributed by atoms with van der Waals surface area (Å²) in [6.45, 7) is 2.73. The molecule has 1 unspecified atom stereocenters. The molecule has 0 radical (unpaired) electrons. The molecule has 0 saturated heterocycles. The Morgan fingerprint density at radius 2 is 2.75 bits per heavy atom. The lowest BCUT2D eigenvalue weighted by atomic mass is 10.2. The molecule has 0 spiro atoms. The number of rotatable bonds is 0. The fourth-order valence-corrected chi connectivity index (χ4v) is 0.542. The van der Waals surface area contributed by atoms with Crippen molar-refractivity contribution in [2.24, 2.45) is 10.9 Å². The SMILES string of the molecule is CC1C=NC(=O)NC1. The summed E-state index contributed by atoms with van der Waals surface area (Å²) in [6, 6.07) is -0.219. The Labute approximate surface area is 47.8 Å². The Balaban J connectivity index is 2.55. The molecule has 0 aliphatic carbocycles. The summed E-state index contributed by atoms with van der Waals surface area (Å²) in [4.78, 5) is 13.8. The van der Waals surface area contributed by atoms with Gasteiger partial charge in [0.2, 0.25) is 0 Å². The molecule has 0 aromatic rings. The third kappa shape index (κ3) is 1.05. The average molecular weight is 112 g/mol. The van der Waals surface area contributed by atoms with Crippen LogP contribution in [-0.2, 0) is 0 Å². The zero-order valence-electron chi connectivity index (χ0n) is 4.72. The molecule has 3 nitrogen and oxygen atoms in total. The molecule has 0 fully saturated rings. The predicted octanol–water partition coefficient (Wildman–Crippen LogP) is 0.417. The maximum atomic E-state index is 10.3. The first-order chi connectivity index (χ1) is 3.79. The van der Waals surface area contributed by atoms with Crippen LogP contribution >= 0.6 is 0 Å². The van der Waals surface area contributed by atoms with Crippen LogP contribution in [0, 0.1) is 5.92 Å². The number of amides is 2. The molecule has 3 heteroatoms. The minimum atomic E-state index is -0.219. The fourth-order valence-electron chi connectivity index (χ4n) is 0.542. The molecule has 1 rings (SSSR count). The highest BCUT2D eigenvalue weighted by atomic mass is 16.2. The van der Waals surface area contributed by atoms with Crippen LogP contribution in [0.4, 0.5) is 4.79 Å². The lowest BCUT2D eigenvalue weighted by molar-refractivity contribution is 0.247. The van der Waals surface area contributed by atoms with Gasteiger partial charge in [0, 0.05) is 18.7 Å². The zero-order valence-corrected chi connectivity index (χ0v) is 4.72. The van der Waals surface area contributed by atoms with E-state index in [1.807, 2.05) is 6.92 Å². The Morgan fingerprint density at radius 1 is 2.00 bits per heavy atom. The van der Waals surface area contributed by atoms with Crippen molar-refractivity contribution in [1.29, 1.82) is 0 Å². The first-order valence-corrected chi connectivity index (χ1v) is 2.61. The van der Waals surface area contributed by atoms with Crippen LogP contribution in [-0.4, -0.2) is 18.8 Å². The van der Waals surface area contributed by atoms with E-state index >= 15 is 0 Å². The van der Waals surface area contributed by atoms with E-state index in [0.29, 0.717) is 5.92 Å². The summed E-state index contributed by atoms with van der Waals surface area (Å²) in [5, 5.41) is 2.59. The van der Waals surface area contributed by atoms with Crippen LogP contribution in [0.1, 0.15) is 6.92 Å². The van der Waals surface area contributed by atoms with Crippen LogP contribution in [0.3, 0.4) is 0 Å². The molecule has 0 bridgehead atoms. The van der Waals surface area contributed by atoms with Gasteiger partial charge < -0.3 is 5.32 Å². The Hall–Kier alpha value is -0.860. The van der Waals surface area contributed by atoms with Gasteiger partial charge in [0.25, 0.3) is 0 Å². The minimum Gasteiger partial charge on any atom is -0.336 e. The normalized spacial score (nSPS) is 27.6. The van der Waals surface area contributed by atoms with E-state index in [-0.39, 0.29) is 6.03 Å². The molecule has 1 aliphatic heterocycles. The number of hydrogen-bond donors (Lipinski definition) is 1. The monoisotopic (exact) mass is 112 g/mol. The van der Waals surface area contributed by atoms with Crippen LogP contribution in [0.2, 0.25) is 0 Å². The standard InChI is InChI=1S/C5H8N2O/c1-4-2-6-5(8)7-3-4/h2,4H,3H2,1H3,(H,7,8). The van der Waals surface area contributed by atoms with E-state index < -0.39 is 0 Å². The van der Waals surface area contributed by atoms with E-state index in [1.54, 1.807) is 6.21 Å². The summed E-state index contributed by atoms with van der Waals surface area (Å²) in [7, 11) is 0. The molecule has 0 aromatic heterocycles. The van der Waals surface area contributed by atoms with Crippen molar-refractivity contribution >= 4 is 12.2 Å². The summed E-state index contributed by atoms with van der Waals surface area (Å²) in [5.74, 6) is 0.396. The van der Waals surface area contributed by atoms with Gasteiger partial charge in [0.1, 0.15) is 0 Å². The van der Waals surface area contributed by atoms with Gasteiger partial charge in [-0.15, -0.1) is 0 Å². The molecule has 1 N–H and O–H groups in total. The Bertz CT molecular complexity index is 130. The average Bonchev–Trinajstić information content (AvgIpc) is 1.77. The van der Waals surface area contributed by atoms with E-state index in [2.05, 4.69) is 10.3 Å². The van der Waals surface area contributed by atoms with E-state index in [0.717, 1.165) is 6.54 Å². The number of nitrogens with one attached hydrogen (secondary N) is 1. The second-order valence-electron chi connectivity index (χ2n) is 1.94. The predicted molar refractivity (Wildman–Crippen MR) is 31.1 cm³/mol. The third-order valence-electron chi connectivity index (χ3n) is 1.02. The van der Waals surface area contributed by atoms with Crippen LogP contribution in [0.25, 0.3) is 0 Å². The molecule has 1 aliphatic rings. The lowest BCUT2D eigenvalue weighted by Gasteiger charge is -2.09. The first kappa shape index (κ1) is 5.28. The van der Waals surface area contributed by atoms with Gasteiger partial charge in [-0.3, -0.25) is 0 Å². The number of carbonyl (C=O) groups is 1. The van der Waals surface area contributed by atoms with Crippen LogP contribution < -0.4 is 5.32 Å². The van der Waals surface area contributed by atoms with Gasteiger partial charge in [0.15, 0.2) is 0 Å². The summed E-state index contributed by atoms with van der Waals surface area (Å²) >= 11 is 0. The minimum absolute atomic E-state index is 0.219. The largest absolute Gasteiger partial charge is 0.340 e. The van der Waals surface area contributed by atoms with Crippen molar-refractivity contribution in [3.63, 3.8) is 0 Å². The first-order valence-electron chi connectivity index (χ1n) is 2.61. The van der Waals surface area contributed by atoms with Crippen LogP contribution in [0.5, 0.6) is 0 Å². The van der Waals surface area contributed by atoms with Crippen molar-refractivity contribution in [3.8, 4) is 0 Å². The Kier molecular flexibility index (Phi) is 1.28. The highest BCUT2D eigenvalue weighted by molar-refractivity contribution is 5.86. The second-order valence-corrected chi connectivity index (χ2v) is 1.94. The lowest BCUT2D eigenvalue weighted by Crippen LogP contribution is -2.30. The molecule has 44 valence electrons. The molecule has 0 aromatic carbocycles. The quantitative estimate of drug-likeness (QED) is 0.484. The Morgan fingerprint density at radius 3 is 3.12 bits per heavy atom. The van der Waals surface area contributed by atoms with Crippen molar-refractivity contribution in [3.05, 3.63) is 0 Å². The summed E-state index contributed by atoms with van der Waals surface area (Å²) in [5.41, 5.74) is 0. The van der Waals surface area contributed by atoms with Crippen molar-refractivity contribution in [2.45, 2.75) is 6.92 Å². The number of carbonyl (C=O) groups excluding carboxylic acids is 1. The molecule has 0 saturated carbocycles. The van der Waals surface area contributed by atoms with Gasteiger partial charge in [-0.05, 0) is 0 Å². The van der Waals surface area contributed by atoms with E-state index in [4.69, 9.17) is 0 Å². The van der Waals surface area contributed by atoms with Crippen molar-refractivity contribution < 1.29 is 4.79 Å². The molecular weight excluding hydrogens is 104 g/mol. The molecular formula is C5H8N2O. The maximum Gasteiger partial charge on any atom is 0.340 e. The number of aliphatic imine (C=N–C) groups is 1. The fraction of sp³-hybridized carbons (Fsp3) is 0.600. The van der Waals surface area contributed by atoms with E-state index in [9.17, 15) is 4.79 Å². The maximum absolute atomic E-state index is 10.3. The summed E-state index contributed by atoms with van der Waals surface area (Å²) < 4.78 is 0. The highest BCUT2D eigenvalue weighted by Gasteiger charge is 2.06. The highest BCUT2D eigenvalue weighted by Crippen LogP contribution is 1.92. The zero-order chi connectivity index (χ0) is 5.98. The van der Waals surface area contributed by atoms with Gasteiger partial charge in [0.05, 0.1) is 0 Å². The topological polar surface area (TPSA) is 41.5 Å². The number of urea groups is 1. The van der Waals surface area contributed by atoms with Gasteiger partial charge in [-0.25, -0.2) is 9.79 Å². The summed E-state index contributed by atoms with van der Waals surface area (Å²) in [6.07, 6.45) is 1.67. The van der Waals surface area contributed by atoms with Gasteiger partial charge in [-0.2, -0.15) is 0 Å².